The molecule has 3 rings (SSSR count). The number of nitrogens with one attached hydrogen (secondary N) is 2. The molecule has 0 bridgehead atoms. The van der Waals surface area contributed by atoms with Gasteiger partial charge in [-0.25, -0.2) is 0 Å². The van der Waals surface area contributed by atoms with Crippen molar-refractivity contribution in [2.45, 2.75) is 31.8 Å². The Bertz CT molecular complexity index is 428. The molecule has 1 saturated heterocycles. The van der Waals surface area contributed by atoms with Crippen molar-refractivity contribution in [3.8, 4) is 0 Å². The average molecular weight is 277 g/mol. The molecule has 2 heterocycles. The summed E-state index contributed by atoms with van der Waals surface area (Å²) in [6.45, 7) is 3.73. The first-order chi connectivity index (χ1) is 9.83. The molecule has 1 amide bonds. The van der Waals surface area contributed by atoms with E-state index in [0.29, 0.717) is 13.2 Å². The quantitative estimate of drug-likeness (QED) is 0.848. The number of rotatable bonds is 5. The minimum Gasteiger partial charge on any atom is -0.378 e. The van der Waals surface area contributed by atoms with Gasteiger partial charge in [0.15, 0.2) is 0 Å². The van der Waals surface area contributed by atoms with Gasteiger partial charge in [-0.05, 0) is 30.9 Å². The molecule has 1 saturated carbocycles. The Morgan fingerprint density at radius 1 is 1.50 bits per heavy atom. The molecule has 0 spiro atoms. The lowest BCUT2D eigenvalue weighted by atomic mass is 9.84. The van der Waals surface area contributed by atoms with Gasteiger partial charge in [0.25, 0.3) is 0 Å². The van der Waals surface area contributed by atoms with E-state index in [9.17, 15) is 4.79 Å². The molecule has 1 aromatic heterocycles. The van der Waals surface area contributed by atoms with Gasteiger partial charge in [0, 0.05) is 25.0 Å². The van der Waals surface area contributed by atoms with E-state index >= 15 is 0 Å². The molecule has 110 valence electrons. The molecule has 1 aliphatic heterocycles. The minimum absolute atomic E-state index is 0.0821. The van der Waals surface area contributed by atoms with Gasteiger partial charge in [-0.3, -0.25) is 9.69 Å². The molecule has 0 radical (unpaired) electrons. The van der Waals surface area contributed by atoms with Crippen LogP contribution in [0.25, 0.3) is 0 Å². The van der Waals surface area contributed by atoms with E-state index in [4.69, 9.17) is 4.74 Å². The third-order valence-corrected chi connectivity index (χ3v) is 4.37. The number of aromatic amines is 1. The normalized spacial score (nSPS) is 24.3. The molecule has 2 aliphatic rings. The van der Waals surface area contributed by atoms with Crippen LogP contribution < -0.4 is 5.32 Å². The molecule has 1 aromatic rings. The number of hydrogen-bond donors (Lipinski definition) is 2. The van der Waals surface area contributed by atoms with Crippen molar-refractivity contribution in [1.29, 1.82) is 0 Å². The predicted octanol–water partition coefficient (Wildman–Crippen LogP) is 1.13. The van der Waals surface area contributed by atoms with E-state index in [2.05, 4.69) is 15.2 Å². The van der Waals surface area contributed by atoms with Crippen LogP contribution >= 0.6 is 0 Å². The van der Waals surface area contributed by atoms with Gasteiger partial charge in [0.2, 0.25) is 5.91 Å². The Balaban J connectivity index is 1.52. The van der Waals surface area contributed by atoms with Gasteiger partial charge < -0.3 is 15.0 Å². The lowest BCUT2D eigenvalue weighted by molar-refractivity contribution is -0.133. The maximum Gasteiger partial charge on any atom is 0.240 e. The lowest BCUT2D eigenvalue weighted by Crippen LogP contribution is -2.55. The molecule has 1 unspecified atom stereocenters. The molecule has 5 nitrogen and oxygen atoms in total. The SMILES string of the molecule is O=C(NCc1ccc[nH]1)C1COCCN1CC1CCC1. The summed E-state index contributed by atoms with van der Waals surface area (Å²) in [5, 5.41) is 3.00. The summed E-state index contributed by atoms with van der Waals surface area (Å²) in [5.41, 5.74) is 1.03. The van der Waals surface area contributed by atoms with Crippen molar-refractivity contribution >= 4 is 5.91 Å². The molecule has 1 aliphatic carbocycles. The molecular formula is C15H23N3O2. The molecule has 5 heteroatoms. The van der Waals surface area contributed by atoms with Crippen LogP contribution in [0.15, 0.2) is 18.3 Å². The van der Waals surface area contributed by atoms with Crippen molar-refractivity contribution in [3.63, 3.8) is 0 Å². The van der Waals surface area contributed by atoms with Crippen LogP contribution in [0.1, 0.15) is 25.0 Å². The first-order valence-corrected chi connectivity index (χ1v) is 7.54. The van der Waals surface area contributed by atoms with Gasteiger partial charge >= 0.3 is 0 Å². The maximum atomic E-state index is 12.3. The van der Waals surface area contributed by atoms with E-state index in [-0.39, 0.29) is 11.9 Å². The van der Waals surface area contributed by atoms with Crippen molar-refractivity contribution in [2.75, 3.05) is 26.3 Å². The van der Waals surface area contributed by atoms with Crippen LogP contribution in [0, 0.1) is 5.92 Å². The summed E-state index contributed by atoms with van der Waals surface area (Å²) < 4.78 is 5.49. The summed E-state index contributed by atoms with van der Waals surface area (Å²) in [6, 6.07) is 3.79. The zero-order chi connectivity index (χ0) is 13.8. The number of nitrogens with zero attached hydrogens (tertiary/aromatic N) is 1. The van der Waals surface area contributed by atoms with Crippen molar-refractivity contribution in [3.05, 3.63) is 24.0 Å². The van der Waals surface area contributed by atoms with Crippen molar-refractivity contribution in [1.82, 2.24) is 15.2 Å². The Kier molecular flexibility index (Phi) is 4.38. The number of hydrogen-bond acceptors (Lipinski definition) is 3. The Morgan fingerprint density at radius 3 is 3.10 bits per heavy atom. The fourth-order valence-corrected chi connectivity index (χ4v) is 2.88. The average Bonchev–Trinajstić information content (AvgIpc) is 2.94. The van der Waals surface area contributed by atoms with Gasteiger partial charge in [-0.2, -0.15) is 0 Å². The number of aromatic nitrogens is 1. The van der Waals surface area contributed by atoms with E-state index < -0.39 is 0 Å². The van der Waals surface area contributed by atoms with E-state index in [1.807, 2.05) is 18.3 Å². The summed E-state index contributed by atoms with van der Waals surface area (Å²) in [6.07, 6.45) is 5.84. The van der Waals surface area contributed by atoms with Crippen LogP contribution in [0.4, 0.5) is 0 Å². The standard InChI is InChI=1S/C15H23N3O2/c19-15(17-9-13-5-2-6-16-13)14-11-20-8-7-18(14)10-12-3-1-4-12/h2,5-6,12,14,16H,1,3-4,7-11H2,(H,17,19). The Hall–Kier alpha value is -1.33. The first kappa shape index (κ1) is 13.6. The lowest BCUT2D eigenvalue weighted by Gasteiger charge is -2.39. The predicted molar refractivity (Wildman–Crippen MR) is 76.2 cm³/mol. The highest BCUT2D eigenvalue weighted by Gasteiger charge is 2.32. The second-order valence-electron chi connectivity index (χ2n) is 5.80. The van der Waals surface area contributed by atoms with E-state index in [0.717, 1.165) is 31.3 Å². The summed E-state index contributed by atoms with van der Waals surface area (Å²) in [7, 11) is 0. The highest BCUT2D eigenvalue weighted by molar-refractivity contribution is 5.81. The number of carbonyl (C=O) groups excluding carboxylic acids is 1. The third-order valence-electron chi connectivity index (χ3n) is 4.37. The fraction of sp³-hybridized carbons (Fsp3) is 0.667. The molecule has 2 fully saturated rings. The highest BCUT2D eigenvalue weighted by Crippen LogP contribution is 2.28. The zero-order valence-electron chi connectivity index (χ0n) is 11.8. The minimum atomic E-state index is -0.126. The number of morpholine rings is 1. The van der Waals surface area contributed by atoms with Crippen LogP contribution in [0.3, 0.4) is 0 Å². The van der Waals surface area contributed by atoms with Gasteiger partial charge in [-0.15, -0.1) is 0 Å². The molecule has 1 atom stereocenters. The number of amides is 1. The first-order valence-electron chi connectivity index (χ1n) is 7.54. The topological polar surface area (TPSA) is 57.4 Å². The monoisotopic (exact) mass is 277 g/mol. The number of H-pyrrole nitrogens is 1. The third kappa shape index (κ3) is 3.22. The van der Waals surface area contributed by atoms with Gasteiger partial charge in [-0.1, -0.05) is 6.42 Å². The number of carbonyl (C=O) groups is 1. The molecule has 2 N–H and O–H groups in total. The van der Waals surface area contributed by atoms with Crippen LogP contribution in [0.2, 0.25) is 0 Å². The van der Waals surface area contributed by atoms with E-state index in [1.54, 1.807) is 0 Å². The fourth-order valence-electron chi connectivity index (χ4n) is 2.88. The smallest absolute Gasteiger partial charge is 0.240 e. The van der Waals surface area contributed by atoms with Crippen LogP contribution in [0.5, 0.6) is 0 Å². The van der Waals surface area contributed by atoms with Gasteiger partial charge in [0.05, 0.1) is 19.8 Å². The van der Waals surface area contributed by atoms with Crippen LogP contribution in [-0.2, 0) is 16.1 Å². The van der Waals surface area contributed by atoms with Crippen LogP contribution in [-0.4, -0.2) is 48.1 Å². The molecular weight excluding hydrogens is 254 g/mol. The second-order valence-corrected chi connectivity index (χ2v) is 5.80. The Labute approximate surface area is 119 Å². The molecule has 20 heavy (non-hydrogen) atoms. The molecule has 0 aromatic carbocycles. The van der Waals surface area contributed by atoms with E-state index in [1.165, 1.54) is 19.3 Å². The maximum absolute atomic E-state index is 12.3. The van der Waals surface area contributed by atoms with Gasteiger partial charge in [0.1, 0.15) is 6.04 Å². The van der Waals surface area contributed by atoms with Crippen molar-refractivity contribution < 1.29 is 9.53 Å². The Morgan fingerprint density at radius 2 is 2.40 bits per heavy atom. The zero-order valence-corrected chi connectivity index (χ0v) is 11.8. The summed E-state index contributed by atoms with van der Waals surface area (Å²) >= 11 is 0. The highest BCUT2D eigenvalue weighted by atomic mass is 16.5. The summed E-state index contributed by atoms with van der Waals surface area (Å²) in [4.78, 5) is 17.7. The summed E-state index contributed by atoms with van der Waals surface area (Å²) in [5.74, 6) is 0.866. The number of ether oxygens (including phenoxy) is 1. The second kappa shape index (κ2) is 6.41. The largest absolute Gasteiger partial charge is 0.378 e. The van der Waals surface area contributed by atoms with Crippen molar-refractivity contribution in [2.24, 2.45) is 5.92 Å².